The summed E-state index contributed by atoms with van der Waals surface area (Å²) < 4.78 is 0. The molecule has 0 aromatic heterocycles. The van der Waals surface area contributed by atoms with E-state index in [0.717, 1.165) is 4.90 Å². The second kappa shape index (κ2) is 5.05. The quantitative estimate of drug-likeness (QED) is 0.713. The highest BCUT2D eigenvalue weighted by atomic mass is 32.2. The lowest BCUT2D eigenvalue weighted by Crippen LogP contribution is -2.39. The summed E-state index contributed by atoms with van der Waals surface area (Å²) in [6, 6.07) is 9.38. The number of benzene rings is 1. The highest BCUT2D eigenvalue weighted by Gasteiger charge is 2.58. The van der Waals surface area contributed by atoms with Crippen molar-refractivity contribution < 1.29 is 20.2 Å². The zero-order valence-corrected chi connectivity index (χ0v) is 11.3. The largest absolute Gasteiger partial charge is 0.390 e. The normalized spacial score (nSPS) is 42.5. The van der Waals surface area contributed by atoms with E-state index in [1.165, 1.54) is 11.8 Å². The Labute approximate surface area is 115 Å². The van der Waals surface area contributed by atoms with E-state index in [1.54, 1.807) is 12.1 Å². The summed E-state index contributed by atoms with van der Waals surface area (Å²) in [5.41, 5.74) is -0.306. The molecular formula is C13H17NO4S. The Morgan fingerprint density at radius 1 is 1.05 bits per heavy atom. The van der Waals surface area contributed by atoms with Gasteiger partial charge in [-0.3, -0.25) is 4.84 Å². The van der Waals surface area contributed by atoms with E-state index in [2.05, 4.69) is 0 Å². The molecule has 1 saturated carbocycles. The Morgan fingerprint density at radius 3 is 2.42 bits per heavy atom. The molecule has 19 heavy (non-hydrogen) atoms. The van der Waals surface area contributed by atoms with E-state index in [-0.39, 0.29) is 17.4 Å². The van der Waals surface area contributed by atoms with Crippen molar-refractivity contribution in [3.8, 4) is 0 Å². The first-order chi connectivity index (χ1) is 9.09. The fraction of sp³-hybridized carbons (Fsp3) is 0.538. The van der Waals surface area contributed by atoms with Gasteiger partial charge in [0.1, 0.15) is 17.6 Å². The van der Waals surface area contributed by atoms with Crippen LogP contribution in [0.15, 0.2) is 35.2 Å². The molecule has 1 aliphatic carbocycles. The Kier molecular flexibility index (Phi) is 3.55. The number of fused-ring (bicyclic) bond motifs is 1. The van der Waals surface area contributed by atoms with Crippen molar-refractivity contribution in [2.75, 3.05) is 7.05 Å². The number of likely N-dealkylation sites (N-methyl/N-ethyl adjacent to an activating group) is 1. The highest BCUT2D eigenvalue weighted by Crippen LogP contribution is 2.45. The van der Waals surface area contributed by atoms with E-state index < -0.39 is 18.3 Å². The second-order valence-electron chi connectivity index (χ2n) is 4.99. The van der Waals surface area contributed by atoms with Crippen molar-refractivity contribution in [3.05, 3.63) is 30.3 Å². The van der Waals surface area contributed by atoms with E-state index >= 15 is 0 Å². The van der Waals surface area contributed by atoms with Gasteiger partial charge in [0.05, 0.1) is 12.1 Å². The summed E-state index contributed by atoms with van der Waals surface area (Å²) >= 11 is 1.49. The van der Waals surface area contributed by atoms with Gasteiger partial charge in [0, 0.05) is 17.9 Å². The van der Waals surface area contributed by atoms with E-state index in [4.69, 9.17) is 4.84 Å². The predicted octanol–water partition coefficient (Wildman–Crippen LogP) is 0.0629. The van der Waals surface area contributed by atoms with Gasteiger partial charge in [-0.15, -0.1) is 0 Å². The molecular weight excluding hydrogens is 266 g/mol. The molecule has 1 aromatic rings. The third kappa shape index (κ3) is 2.18. The monoisotopic (exact) mass is 283 g/mol. The topological polar surface area (TPSA) is 73.2 Å². The molecule has 1 heterocycles. The van der Waals surface area contributed by atoms with Gasteiger partial charge in [0.2, 0.25) is 0 Å². The zero-order chi connectivity index (χ0) is 13.6. The minimum Gasteiger partial charge on any atom is -0.390 e. The molecule has 3 N–H and O–H groups in total. The van der Waals surface area contributed by atoms with Gasteiger partial charge in [-0.25, -0.2) is 0 Å². The maximum atomic E-state index is 10.1. The summed E-state index contributed by atoms with van der Waals surface area (Å²) in [7, 11) is 1.72. The predicted molar refractivity (Wildman–Crippen MR) is 70.2 cm³/mol. The van der Waals surface area contributed by atoms with Crippen molar-refractivity contribution in [1.82, 2.24) is 5.06 Å². The van der Waals surface area contributed by atoms with Crippen molar-refractivity contribution >= 4 is 11.8 Å². The molecule has 1 aliphatic heterocycles. The van der Waals surface area contributed by atoms with E-state index in [0.29, 0.717) is 0 Å². The number of nitrogens with zero attached hydrogens (tertiary/aromatic N) is 1. The summed E-state index contributed by atoms with van der Waals surface area (Å²) in [6.07, 6.45) is -3.06. The fourth-order valence-electron chi connectivity index (χ4n) is 2.88. The molecule has 6 heteroatoms. The van der Waals surface area contributed by atoms with Crippen molar-refractivity contribution in [1.29, 1.82) is 0 Å². The third-order valence-electron chi connectivity index (χ3n) is 3.84. The molecule has 104 valence electrons. The van der Waals surface area contributed by atoms with Crippen LogP contribution in [0.4, 0.5) is 0 Å². The van der Waals surface area contributed by atoms with Crippen LogP contribution in [0.25, 0.3) is 0 Å². The molecule has 0 radical (unpaired) electrons. The van der Waals surface area contributed by atoms with Gasteiger partial charge in [-0.1, -0.05) is 30.0 Å². The number of aliphatic hydroxyl groups is 3. The number of aliphatic hydroxyl groups excluding tert-OH is 3. The molecule has 1 aromatic carbocycles. The molecule has 1 saturated heterocycles. The molecule has 0 spiro atoms. The van der Waals surface area contributed by atoms with E-state index in [1.807, 2.05) is 30.3 Å². The van der Waals surface area contributed by atoms with Crippen LogP contribution in [0.2, 0.25) is 0 Å². The standard InChI is InChI=1S/C13H17NO4S/c1-14-9-8(10(15)12(17)11(9)16)13(18-14)19-7-5-3-2-4-6-7/h2-6,8-13,15-17H,1H3/t8-,9+,10+,11-,12-,13+/m0/s1. The van der Waals surface area contributed by atoms with Gasteiger partial charge in [-0.2, -0.15) is 5.06 Å². The summed E-state index contributed by atoms with van der Waals surface area (Å²) in [5, 5.41) is 31.4. The van der Waals surface area contributed by atoms with Crippen LogP contribution in [0.3, 0.4) is 0 Å². The van der Waals surface area contributed by atoms with Crippen molar-refractivity contribution in [2.24, 2.45) is 5.92 Å². The van der Waals surface area contributed by atoms with Gasteiger partial charge in [0.25, 0.3) is 0 Å². The SMILES string of the molecule is CN1O[C@H](Sc2ccccc2)[C@@H]2[C@@H](O)[C@H](O)[C@@H](O)[C@@H]21. The number of thioether (sulfide) groups is 1. The number of hydrogen-bond donors (Lipinski definition) is 3. The lowest BCUT2D eigenvalue weighted by molar-refractivity contribution is -0.155. The third-order valence-corrected chi connectivity index (χ3v) is 5.02. The van der Waals surface area contributed by atoms with Crippen molar-refractivity contribution in [3.63, 3.8) is 0 Å². The van der Waals surface area contributed by atoms with Gasteiger partial charge < -0.3 is 15.3 Å². The van der Waals surface area contributed by atoms with Gasteiger partial charge in [-0.05, 0) is 12.1 Å². The molecule has 0 amide bonds. The number of hydroxylamine groups is 2. The smallest absolute Gasteiger partial charge is 0.136 e. The Bertz CT molecular complexity index is 446. The van der Waals surface area contributed by atoms with Gasteiger partial charge >= 0.3 is 0 Å². The minimum atomic E-state index is -1.11. The average molecular weight is 283 g/mol. The van der Waals surface area contributed by atoms with Crippen LogP contribution >= 0.6 is 11.8 Å². The first-order valence-corrected chi connectivity index (χ1v) is 7.13. The Balaban J connectivity index is 1.81. The highest BCUT2D eigenvalue weighted by molar-refractivity contribution is 7.99. The second-order valence-corrected chi connectivity index (χ2v) is 6.16. The van der Waals surface area contributed by atoms with Crippen LogP contribution in [0, 0.1) is 5.92 Å². The number of rotatable bonds is 2. The molecule has 6 atom stereocenters. The van der Waals surface area contributed by atoms with Crippen LogP contribution in [-0.4, -0.2) is 57.2 Å². The van der Waals surface area contributed by atoms with Crippen LogP contribution in [-0.2, 0) is 4.84 Å². The van der Waals surface area contributed by atoms with Gasteiger partial charge in [0.15, 0.2) is 0 Å². The Hall–Kier alpha value is -0.630. The molecule has 0 unspecified atom stereocenters. The zero-order valence-electron chi connectivity index (χ0n) is 10.5. The molecule has 0 bridgehead atoms. The summed E-state index contributed by atoms with van der Waals surface area (Å²) in [6.45, 7) is 0. The number of hydrogen-bond acceptors (Lipinski definition) is 6. The minimum absolute atomic E-state index is 0.305. The molecule has 2 fully saturated rings. The van der Waals surface area contributed by atoms with Crippen LogP contribution in [0.1, 0.15) is 0 Å². The molecule has 5 nitrogen and oxygen atoms in total. The first-order valence-electron chi connectivity index (χ1n) is 6.25. The lowest BCUT2D eigenvalue weighted by atomic mass is 10.0. The fourth-order valence-corrected chi connectivity index (χ4v) is 4.12. The molecule has 3 rings (SSSR count). The molecule has 2 aliphatic rings. The van der Waals surface area contributed by atoms with Crippen molar-refractivity contribution in [2.45, 2.75) is 34.7 Å². The van der Waals surface area contributed by atoms with Crippen LogP contribution < -0.4 is 0 Å². The van der Waals surface area contributed by atoms with E-state index in [9.17, 15) is 15.3 Å². The summed E-state index contributed by atoms with van der Waals surface area (Å²) in [4.78, 5) is 6.72. The van der Waals surface area contributed by atoms with Crippen LogP contribution in [0.5, 0.6) is 0 Å². The first kappa shape index (κ1) is 13.4. The Morgan fingerprint density at radius 2 is 1.74 bits per heavy atom. The summed E-state index contributed by atoms with van der Waals surface area (Å²) in [5.74, 6) is -0.305. The lowest BCUT2D eigenvalue weighted by Gasteiger charge is -2.22. The maximum Gasteiger partial charge on any atom is 0.136 e. The maximum absolute atomic E-state index is 10.1. The average Bonchev–Trinajstić information content (AvgIpc) is 2.84.